The Morgan fingerprint density at radius 3 is 2.50 bits per heavy atom. The highest BCUT2D eigenvalue weighted by Crippen LogP contribution is 2.19. The summed E-state index contributed by atoms with van der Waals surface area (Å²) in [5.41, 5.74) is 3.47. The van der Waals surface area contributed by atoms with Crippen LogP contribution in [0.15, 0.2) is 55.2 Å². The van der Waals surface area contributed by atoms with Crippen LogP contribution in [0.1, 0.15) is 5.56 Å². The van der Waals surface area contributed by atoms with Crippen LogP contribution in [-0.2, 0) is 0 Å². The molecule has 1 aromatic carbocycles. The van der Waals surface area contributed by atoms with E-state index in [4.69, 9.17) is 0 Å². The third-order valence-electron chi connectivity index (χ3n) is 2.75. The van der Waals surface area contributed by atoms with Crippen molar-refractivity contribution in [3.8, 4) is 16.9 Å². The molecule has 4 nitrogen and oxygen atoms in total. The molecule has 18 heavy (non-hydrogen) atoms. The summed E-state index contributed by atoms with van der Waals surface area (Å²) in [5.74, 6) is 0.718. The highest BCUT2D eigenvalue weighted by atomic mass is 15.3. The first kappa shape index (κ1) is 10.7. The molecule has 0 N–H and O–H groups in total. The lowest BCUT2D eigenvalue weighted by atomic mass is 10.1. The maximum absolute atomic E-state index is 4.30. The molecule has 0 radical (unpaired) electrons. The van der Waals surface area contributed by atoms with Crippen molar-refractivity contribution >= 4 is 0 Å². The molecule has 0 unspecified atom stereocenters. The standard InChI is InChI=1S/C14H12N4/c1-11-2-4-12(5-3-11)13-8-17-18(10-13)14-9-15-6-7-16-14/h2-10H,1H3. The molecule has 0 spiro atoms. The molecule has 0 saturated carbocycles. The molecule has 3 rings (SSSR count). The fraction of sp³-hybridized carbons (Fsp3) is 0.0714. The van der Waals surface area contributed by atoms with Gasteiger partial charge in [-0.05, 0) is 12.5 Å². The summed E-state index contributed by atoms with van der Waals surface area (Å²) >= 11 is 0. The van der Waals surface area contributed by atoms with Gasteiger partial charge in [-0.3, -0.25) is 4.98 Å². The summed E-state index contributed by atoms with van der Waals surface area (Å²) in [5, 5.41) is 4.30. The van der Waals surface area contributed by atoms with Gasteiger partial charge in [-0.15, -0.1) is 0 Å². The highest BCUT2D eigenvalue weighted by Gasteiger charge is 2.03. The maximum atomic E-state index is 4.30. The molecule has 0 aliphatic heterocycles. The highest BCUT2D eigenvalue weighted by molar-refractivity contribution is 5.62. The van der Waals surface area contributed by atoms with Crippen LogP contribution in [0.25, 0.3) is 16.9 Å². The Morgan fingerprint density at radius 2 is 1.78 bits per heavy atom. The van der Waals surface area contributed by atoms with Gasteiger partial charge in [-0.1, -0.05) is 29.8 Å². The molecule has 0 saturated heterocycles. The Hall–Kier alpha value is -2.49. The first-order valence-corrected chi connectivity index (χ1v) is 5.71. The first-order valence-electron chi connectivity index (χ1n) is 5.71. The van der Waals surface area contributed by atoms with Crippen LogP contribution >= 0.6 is 0 Å². The van der Waals surface area contributed by atoms with Gasteiger partial charge in [0.05, 0.1) is 12.4 Å². The molecule has 0 bridgehead atoms. The molecule has 0 aliphatic carbocycles. The van der Waals surface area contributed by atoms with E-state index < -0.39 is 0 Å². The second kappa shape index (κ2) is 4.41. The summed E-state index contributed by atoms with van der Waals surface area (Å²) in [4.78, 5) is 8.24. The van der Waals surface area contributed by atoms with Gasteiger partial charge in [0.25, 0.3) is 0 Å². The number of nitrogens with zero attached hydrogens (tertiary/aromatic N) is 4. The van der Waals surface area contributed by atoms with Gasteiger partial charge in [-0.2, -0.15) is 5.10 Å². The fourth-order valence-electron chi connectivity index (χ4n) is 1.75. The third-order valence-corrected chi connectivity index (χ3v) is 2.75. The smallest absolute Gasteiger partial charge is 0.171 e. The number of hydrogen-bond acceptors (Lipinski definition) is 3. The Balaban J connectivity index is 1.97. The van der Waals surface area contributed by atoms with Crippen molar-refractivity contribution in [2.24, 2.45) is 0 Å². The first-order chi connectivity index (χ1) is 8.83. The molecule has 4 heteroatoms. The largest absolute Gasteiger partial charge is 0.259 e. The van der Waals surface area contributed by atoms with Crippen LogP contribution in [0.5, 0.6) is 0 Å². The zero-order chi connectivity index (χ0) is 12.4. The number of rotatable bonds is 2. The van der Waals surface area contributed by atoms with E-state index in [1.54, 1.807) is 23.3 Å². The summed E-state index contributed by atoms with van der Waals surface area (Å²) in [6.07, 6.45) is 8.77. The maximum Gasteiger partial charge on any atom is 0.171 e. The monoisotopic (exact) mass is 236 g/mol. The van der Waals surface area contributed by atoms with Crippen molar-refractivity contribution in [1.29, 1.82) is 0 Å². The SMILES string of the molecule is Cc1ccc(-c2cnn(-c3cnccn3)c2)cc1. The van der Waals surface area contributed by atoms with Crippen LogP contribution in [0.4, 0.5) is 0 Å². The van der Waals surface area contributed by atoms with Crippen LogP contribution in [0.3, 0.4) is 0 Å². The zero-order valence-corrected chi connectivity index (χ0v) is 9.99. The van der Waals surface area contributed by atoms with E-state index in [0.717, 1.165) is 16.9 Å². The van der Waals surface area contributed by atoms with Crippen molar-refractivity contribution < 1.29 is 0 Å². The number of hydrogen-bond donors (Lipinski definition) is 0. The Labute approximate surface area is 105 Å². The lowest BCUT2D eigenvalue weighted by Crippen LogP contribution is -1.97. The number of benzene rings is 1. The van der Waals surface area contributed by atoms with E-state index in [9.17, 15) is 0 Å². The third kappa shape index (κ3) is 2.00. The van der Waals surface area contributed by atoms with Gasteiger partial charge in [0.1, 0.15) is 0 Å². The molecule has 0 fully saturated rings. The van der Waals surface area contributed by atoms with E-state index >= 15 is 0 Å². The van der Waals surface area contributed by atoms with Gasteiger partial charge < -0.3 is 0 Å². The molecular weight excluding hydrogens is 224 g/mol. The quantitative estimate of drug-likeness (QED) is 0.687. The predicted molar refractivity (Wildman–Crippen MR) is 69.3 cm³/mol. The molecule has 0 atom stereocenters. The number of aromatic nitrogens is 4. The minimum absolute atomic E-state index is 0.718. The van der Waals surface area contributed by atoms with Gasteiger partial charge >= 0.3 is 0 Å². The van der Waals surface area contributed by atoms with Gasteiger partial charge in [0.2, 0.25) is 0 Å². The lowest BCUT2D eigenvalue weighted by Gasteiger charge is -1.98. The lowest BCUT2D eigenvalue weighted by molar-refractivity contribution is 0.838. The Morgan fingerprint density at radius 1 is 0.944 bits per heavy atom. The average molecular weight is 236 g/mol. The molecule has 3 aromatic rings. The van der Waals surface area contributed by atoms with E-state index in [1.165, 1.54) is 5.56 Å². The van der Waals surface area contributed by atoms with Crippen LogP contribution in [0.2, 0.25) is 0 Å². The minimum atomic E-state index is 0.718. The Kier molecular flexibility index (Phi) is 2.61. The van der Waals surface area contributed by atoms with E-state index in [2.05, 4.69) is 46.3 Å². The second-order valence-corrected chi connectivity index (χ2v) is 4.10. The van der Waals surface area contributed by atoms with E-state index in [0.29, 0.717) is 0 Å². The molecule has 2 heterocycles. The predicted octanol–water partition coefficient (Wildman–Crippen LogP) is 2.64. The zero-order valence-electron chi connectivity index (χ0n) is 9.99. The molecular formula is C14H12N4. The summed E-state index contributed by atoms with van der Waals surface area (Å²) in [6.45, 7) is 2.08. The van der Waals surface area contributed by atoms with Gasteiger partial charge in [0.15, 0.2) is 5.82 Å². The molecule has 88 valence electrons. The summed E-state index contributed by atoms with van der Waals surface area (Å²) in [7, 11) is 0. The Bertz CT molecular complexity index is 641. The van der Waals surface area contributed by atoms with Crippen molar-refractivity contribution in [1.82, 2.24) is 19.7 Å². The fourth-order valence-corrected chi connectivity index (χ4v) is 1.75. The minimum Gasteiger partial charge on any atom is -0.259 e. The normalized spacial score (nSPS) is 10.5. The van der Waals surface area contributed by atoms with Gasteiger partial charge in [0, 0.05) is 24.2 Å². The van der Waals surface area contributed by atoms with Crippen molar-refractivity contribution in [3.63, 3.8) is 0 Å². The van der Waals surface area contributed by atoms with Crippen LogP contribution in [0, 0.1) is 6.92 Å². The van der Waals surface area contributed by atoms with E-state index in [-0.39, 0.29) is 0 Å². The number of aryl methyl sites for hydroxylation is 1. The molecule has 0 aliphatic rings. The van der Waals surface area contributed by atoms with Crippen molar-refractivity contribution in [3.05, 3.63) is 60.8 Å². The second-order valence-electron chi connectivity index (χ2n) is 4.10. The van der Waals surface area contributed by atoms with E-state index in [1.807, 2.05) is 12.4 Å². The van der Waals surface area contributed by atoms with Crippen molar-refractivity contribution in [2.75, 3.05) is 0 Å². The average Bonchev–Trinajstić information content (AvgIpc) is 2.90. The van der Waals surface area contributed by atoms with Crippen LogP contribution in [-0.4, -0.2) is 19.7 Å². The van der Waals surface area contributed by atoms with Crippen molar-refractivity contribution in [2.45, 2.75) is 6.92 Å². The van der Waals surface area contributed by atoms with Gasteiger partial charge in [-0.25, -0.2) is 9.67 Å². The summed E-state index contributed by atoms with van der Waals surface area (Å²) in [6, 6.07) is 8.37. The molecule has 0 amide bonds. The van der Waals surface area contributed by atoms with Crippen LogP contribution < -0.4 is 0 Å². The molecule has 2 aromatic heterocycles. The summed E-state index contributed by atoms with van der Waals surface area (Å²) < 4.78 is 1.72. The topological polar surface area (TPSA) is 43.6 Å².